The molecule has 1 saturated heterocycles. The number of piperidine rings is 1. The number of methoxy groups -OCH3 is 1. The lowest BCUT2D eigenvalue weighted by atomic mass is 9.98. The van der Waals surface area contributed by atoms with E-state index in [9.17, 15) is 4.79 Å². The molecule has 5 heteroatoms. The van der Waals surface area contributed by atoms with Gasteiger partial charge >= 0.3 is 0 Å². The van der Waals surface area contributed by atoms with Crippen LogP contribution in [0.25, 0.3) is 0 Å². The lowest BCUT2D eigenvalue weighted by Crippen LogP contribution is -2.41. The molecule has 1 fully saturated rings. The Balaban J connectivity index is 1.69. The maximum atomic E-state index is 12.0. The van der Waals surface area contributed by atoms with E-state index in [1.807, 2.05) is 24.3 Å². The molecule has 1 aromatic rings. The smallest absolute Gasteiger partial charge is 0.225 e. The Hall–Kier alpha value is -2.19. The summed E-state index contributed by atoms with van der Waals surface area (Å²) < 4.78 is 10.7. The lowest BCUT2D eigenvalue weighted by Gasteiger charge is -2.28. The Morgan fingerprint density at radius 2 is 2.13 bits per heavy atom. The van der Waals surface area contributed by atoms with Crippen molar-refractivity contribution in [1.82, 2.24) is 10.2 Å². The number of para-hydroxylation sites is 2. The lowest BCUT2D eigenvalue weighted by molar-refractivity contribution is -0.126. The molecule has 0 aromatic heterocycles. The van der Waals surface area contributed by atoms with Crippen molar-refractivity contribution in [3.8, 4) is 23.3 Å². The molecule has 0 bridgehead atoms. The normalized spacial score (nSPS) is 17.7. The van der Waals surface area contributed by atoms with Gasteiger partial charge in [0, 0.05) is 6.54 Å². The van der Waals surface area contributed by atoms with Gasteiger partial charge in [-0.05, 0) is 38.6 Å². The third kappa shape index (κ3) is 5.50. The summed E-state index contributed by atoms with van der Waals surface area (Å²) in [4.78, 5) is 14.2. The second-order valence-corrected chi connectivity index (χ2v) is 5.61. The molecular weight excluding hydrogens is 292 g/mol. The summed E-state index contributed by atoms with van der Waals surface area (Å²) in [5, 5.41) is 2.87. The molecule has 1 amide bonds. The largest absolute Gasteiger partial charge is 0.493 e. The fourth-order valence-corrected chi connectivity index (χ4v) is 2.62. The predicted molar refractivity (Wildman–Crippen MR) is 89.5 cm³/mol. The van der Waals surface area contributed by atoms with Crippen LogP contribution in [-0.2, 0) is 4.79 Å². The van der Waals surface area contributed by atoms with Crippen molar-refractivity contribution < 1.29 is 14.3 Å². The van der Waals surface area contributed by atoms with Crippen molar-refractivity contribution in [1.29, 1.82) is 0 Å². The summed E-state index contributed by atoms with van der Waals surface area (Å²) in [7, 11) is 3.65. The van der Waals surface area contributed by atoms with Crippen LogP contribution in [-0.4, -0.2) is 51.2 Å². The van der Waals surface area contributed by atoms with Gasteiger partial charge in [0.05, 0.1) is 19.6 Å². The molecule has 0 radical (unpaired) electrons. The van der Waals surface area contributed by atoms with E-state index in [1.165, 1.54) is 0 Å². The molecule has 1 unspecified atom stereocenters. The fraction of sp³-hybridized carbons (Fsp3) is 0.500. The molecule has 2 rings (SSSR count). The molecule has 0 aliphatic carbocycles. The van der Waals surface area contributed by atoms with Crippen LogP contribution < -0.4 is 14.8 Å². The molecule has 1 aromatic carbocycles. The summed E-state index contributed by atoms with van der Waals surface area (Å²) >= 11 is 0. The zero-order valence-corrected chi connectivity index (χ0v) is 13.8. The zero-order chi connectivity index (χ0) is 16.5. The van der Waals surface area contributed by atoms with Crippen LogP contribution in [0, 0.1) is 17.8 Å². The number of rotatable bonds is 5. The Morgan fingerprint density at radius 3 is 2.87 bits per heavy atom. The van der Waals surface area contributed by atoms with E-state index in [-0.39, 0.29) is 18.4 Å². The van der Waals surface area contributed by atoms with E-state index < -0.39 is 0 Å². The summed E-state index contributed by atoms with van der Waals surface area (Å²) in [6.07, 6.45) is 2.04. The first-order chi connectivity index (χ1) is 11.2. The second kappa shape index (κ2) is 9.06. The Bertz CT molecular complexity index is 577. The quantitative estimate of drug-likeness (QED) is 0.837. The first-order valence-corrected chi connectivity index (χ1v) is 7.88. The van der Waals surface area contributed by atoms with E-state index in [0.717, 1.165) is 25.9 Å². The van der Waals surface area contributed by atoms with Gasteiger partial charge in [-0.2, -0.15) is 0 Å². The topological polar surface area (TPSA) is 50.8 Å². The first kappa shape index (κ1) is 17.2. The number of hydrogen-bond acceptors (Lipinski definition) is 4. The number of nitrogens with one attached hydrogen (secondary N) is 1. The van der Waals surface area contributed by atoms with Crippen LogP contribution in [0.15, 0.2) is 24.3 Å². The minimum absolute atomic E-state index is 0.0837. The van der Waals surface area contributed by atoms with Gasteiger partial charge in [0.15, 0.2) is 11.5 Å². The van der Waals surface area contributed by atoms with Crippen molar-refractivity contribution in [2.75, 3.05) is 40.4 Å². The molecule has 1 aliphatic rings. The molecule has 0 saturated carbocycles. The number of carbonyl (C=O) groups excluding carboxylic acids is 1. The minimum Gasteiger partial charge on any atom is -0.493 e. The van der Waals surface area contributed by atoms with Crippen LogP contribution in [0.2, 0.25) is 0 Å². The number of likely N-dealkylation sites (tertiary alicyclic amines) is 1. The monoisotopic (exact) mass is 316 g/mol. The zero-order valence-electron chi connectivity index (χ0n) is 13.8. The average Bonchev–Trinajstić information content (AvgIpc) is 2.58. The van der Waals surface area contributed by atoms with E-state index in [4.69, 9.17) is 9.47 Å². The molecule has 0 spiro atoms. The van der Waals surface area contributed by atoms with Gasteiger partial charge in [-0.15, -0.1) is 0 Å². The number of carbonyl (C=O) groups is 1. The minimum atomic E-state index is 0.0837. The Labute approximate surface area is 138 Å². The third-order valence-electron chi connectivity index (χ3n) is 3.84. The van der Waals surface area contributed by atoms with Gasteiger partial charge in [-0.3, -0.25) is 4.79 Å². The van der Waals surface area contributed by atoms with Crippen molar-refractivity contribution in [2.45, 2.75) is 12.8 Å². The first-order valence-electron chi connectivity index (χ1n) is 7.88. The molecule has 1 heterocycles. The molecule has 1 atom stereocenters. The Morgan fingerprint density at radius 1 is 1.35 bits per heavy atom. The van der Waals surface area contributed by atoms with Crippen LogP contribution >= 0.6 is 0 Å². The van der Waals surface area contributed by atoms with Gasteiger partial charge < -0.3 is 19.7 Å². The van der Waals surface area contributed by atoms with E-state index in [1.54, 1.807) is 7.11 Å². The molecule has 1 aliphatic heterocycles. The number of benzene rings is 1. The van der Waals surface area contributed by atoms with Crippen LogP contribution in [0.5, 0.6) is 11.5 Å². The summed E-state index contributed by atoms with van der Waals surface area (Å²) in [5.74, 6) is 7.34. The molecule has 5 nitrogen and oxygen atoms in total. The highest BCUT2D eigenvalue weighted by Gasteiger charge is 2.23. The van der Waals surface area contributed by atoms with Crippen molar-refractivity contribution in [3.05, 3.63) is 24.3 Å². The maximum absolute atomic E-state index is 12.0. The van der Waals surface area contributed by atoms with E-state index in [0.29, 0.717) is 18.0 Å². The predicted octanol–water partition coefficient (Wildman–Crippen LogP) is 1.54. The standard InChI is InChI=1S/C18H24N2O3/c1-20-12-7-8-15(14-20)18(21)19-11-5-6-13-23-17-10-4-3-9-16(17)22-2/h3-4,9-10,15H,7-8,11-14H2,1-2H3,(H,19,21). The highest BCUT2D eigenvalue weighted by atomic mass is 16.5. The molecule has 1 N–H and O–H groups in total. The summed E-state index contributed by atoms with van der Waals surface area (Å²) in [6, 6.07) is 7.44. The van der Waals surface area contributed by atoms with Crippen LogP contribution in [0.1, 0.15) is 12.8 Å². The van der Waals surface area contributed by atoms with Crippen molar-refractivity contribution in [3.63, 3.8) is 0 Å². The fourth-order valence-electron chi connectivity index (χ4n) is 2.62. The second-order valence-electron chi connectivity index (χ2n) is 5.61. The van der Waals surface area contributed by atoms with Gasteiger partial charge in [0.1, 0.15) is 6.61 Å². The third-order valence-corrected chi connectivity index (χ3v) is 3.84. The average molecular weight is 316 g/mol. The van der Waals surface area contributed by atoms with Gasteiger partial charge in [-0.25, -0.2) is 0 Å². The van der Waals surface area contributed by atoms with Crippen molar-refractivity contribution >= 4 is 5.91 Å². The number of nitrogens with zero attached hydrogens (tertiary/aromatic N) is 1. The van der Waals surface area contributed by atoms with Gasteiger partial charge in [0.2, 0.25) is 5.91 Å². The van der Waals surface area contributed by atoms with Gasteiger partial charge in [0.25, 0.3) is 0 Å². The SMILES string of the molecule is COc1ccccc1OCC#CCNC(=O)C1CCCN(C)C1. The van der Waals surface area contributed by atoms with Crippen LogP contribution in [0.3, 0.4) is 0 Å². The molecular formula is C18H24N2O3. The highest BCUT2D eigenvalue weighted by molar-refractivity contribution is 5.79. The Kier molecular flexibility index (Phi) is 6.76. The summed E-state index contributed by atoms with van der Waals surface area (Å²) in [6.45, 7) is 2.52. The molecule has 124 valence electrons. The number of hydrogen-bond donors (Lipinski definition) is 1. The molecule has 23 heavy (non-hydrogen) atoms. The summed E-state index contributed by atoms with van der Waals surface area (Å²) in [5.41, 5.74) is 0. The van der Waals surface area contributed by atoms with Crippen LogP contribution in [0.4, 0.5) is 0 Å². The van der Waals surface area contributed by atoms with Gasteiger partial charge in [-0.1, -0.05) is 24.0 Å². The van der Waals surface area contributed by atoms with E-state index in [2.05, 4.69) is 29.1 Å². The highest BCUT2D eigenvalue weighted by Crippen LogP contribution is 2.25. The number of amides is 1. The number of ether oxygens (including phenoxy) is 2. The maximum Gasteiger partial charge on any atom is 0.225 e. The van der Waals surface area contributed by atoms with Crippen molar-refractivity contribution in [2.24, 2.45) is 5.92 Å². The van der Waals surface area contributed by atoms with E-state index >= 15 is 0 Å².